The third-order valence-corrected chi connectivity index (χ3v) is 4.12. The Morgan fingerprint density at radius 3 is 3.11 bits per heavy atom. The van der Waals surface area contributed by atoms with Crippen molar-refractivity contribution in [3.8, 4) is 0 Å². The topological polar surface area (TPSA) is 51.8 Å². The van der Waals surface area contributed by atoms with Crippen molar-refractivity contribution in [1.82, 2.24) is 9.97 Å². The van der Waals surface area contributed by atoms with Crippen molar-refractivity contribution >= 4 is 0 Å². The number of nitrogens with zero attached hydrogens (tertiary/aromatic N) is 2. The molecular formula is C16H19N3. The maximum absolute atomic E-state index is 6.52. The molecule has 3 rings (SSSR count). The van der Waals surface area contributed by atoms with Gasteiger partial charge in [0.25, 0.3) is 0 Å². The number of hydrogen-bond acceptors (Lipinski definition) is 3. The number of nitrogens with two attached hydrogens (primary N) is 1. The minimum atomic E-state index is 0.0223. The van der Waals surface area contributed by atoms with Gasteiger partial charge in [-0.1, -0.05) is 13.0 Å². The number of pyridine rings is 2. The number of hydrogen-bond donors (Lipinski definition) is 1. The van der Waals surface area contributed by atoms with E-state index in [1.165, 1.54) is 22.4 Å². The van der Waals surface area contributed by atoms with Crippen molar-refractivity contribution < 1.29 is 0 Å². The van der Waals surface area contributed by atoms with Crippen LogP contribution in [0.4, 0.5) is 0 Å². The Kier molecular flexibility index (Phi) is 3.30. The van der Waals surface area contributed by atoms with Gasteiger partial charge < -0.3 is 5.73 Å². The van der Waals surface area contributed by atoms with E-state index in [9.17, 15) is 0 Å². The van der Waals surface area contributed by atoms with Gasteiger partial charge in [-0.2, -0.15) is 0 Å². The van der Waals surface area contributed by atoms with Crippen molar-refractivity contribution in [1.29, 1.82) is 0 Å². The maximum atomic E-state index is 6.52. The van der Waals surface area contributed by atoms with Crippen LogP contribution in [0.5, 0.6) is 0 Å². The third kappa shape index (κ3) is 2.15. The summed E-state index contributed by atoms with van der Waals surface area (Å²) in [5.74, 6) is 0.337. The first kappa shape index (κ1) is 12.3. The fourth-order valence-electron chi connectivity index (χ4n) is 3.07. The molecule has 0 fully saturated rings. The zero-order chi connectivity index (χ0) is 13.2. The average Bonchev–Trinajstić information content (AvgIpc) is 2.90. The summed E-state index contributed by atoms with van der Waals surface area (Å²) < 4.78 is 0. The van der Waals surface area contributed by atoms with E-state index in [1.54, 1.807) is 0 Å². The molecule has 2 heterocycles. The van der Waals surface area contributed by atoms with Crippen LogP contribution in [0, 0.1) is 0 Å². The molecule has 2 aromatic heterocycles. The van der Waals surface area contributed by atoms with Gasteiger partial charge in [0.2, 0.25) is 0 Å². The summed E-state index contributed by atoms with van der Waals surface area (Å²) in [5.41, 5.74) is 11.5. The highest BCUT2D eigenvalue weighted by atomic mass is 14.8. The number of aryl methyl sites for hydroxylation is 2. The molecule has 98 valence electrons. The van der Waals surface area contributed by atoms with Crippen LogP contribution >= 0.6 is 0 Å². The maximum Gasteiger partial charge on any atom is 0.0485 e. The first-order chi connectivity index (χ1) is 9.31. The highest BCUT2D eigenvalue weighted by molar-refractivity contribution is 5.35. The number of fused-ring (bicyclic) bond motifs is 1. The van der Waals surface area contributed by atoms with Crippen LogP contribution in [0.1, 0.15) is 47.7 Å². The standard InChI is InChI=1S/C16H19N3/c1-2-11-10-18-9-7-13(11)15(17)14-6-5-12-4-3-8-19-16(12)14/h3-4,7-10,14-15H,2,5-6,17H2,1H3. The summed E-state index contributed by atoms with van der Waals surface area (Å²) in [6, 6.07) is 6.26. The van der Waals surface area contributed by atoms with Crippen molar-refractivity contribution in [2.24, 2.45) is 5.73 Å². The van der Waals surface area contributed by atoms with Crippen LogP contribution in [0.3, 0.4) is 0 Å². The molecule has 19 heavy (non-hydrogen) atoms. The second-order valence-electron chi connectivity index (χ2n) is 5.15. The zero-order valence-corrected chi connectivity index (χ0v) is 11.2. The summed E-state index contributed by atoms with van der Waals surface area (Å²) in [7, 11) is 0. The van der Waals surface area contributed by atoms with E-state index >= 15 is 0 Å². The van der Waals surface area contributed by atoms with Crippen molar-refractivity contribution in [3.63, 3.8) is 0 Å². The molecule has 0 amide bonds. The summed E-state index contributed by atoms with van der Waals surface area (Å²) >= 11 is 0. The van der Waals surface area contributed by atoms with Gasteiger partial charge in [-0.25, -0.2) is 0 Å². The van der Waals surface area contributed by atoms with Gasteiger partial charge in [-0.3, -0.25) is 9.97 Å². The lowest BCUT2D eigenvalue weighted by atomic mass is 9.89. The molecule has 2 N–H and O–H groups in total. The Bertz CT molecular complexity index is 580. The van der Waals surface area contributed by atoms with E-state index in [4.69, 9.17) is 5.73 Å². The lowest BCUT2D eigenvalue weighted by Crippen LogP contribution is -2.20. The Morgan fingerprint density at radius 1 is 1.37 bits per heavy atom. The van der Waals surface area contributed by atoms with Gasteiger partial charge in [0.15, 0.2) is 0 Å². The zero-order valence-electron chi connectivity index (χ0n) is 11.2. The Hall–Kier alpha value is -1.74. The highest BCUT2D eigenvalue weighted by Crippen LogP contribution is 2.39. The molecule has 0 bridgehead atoms. The lowest BCUT2D eigenvalue weighted by Gasteiger charge is -2.22. The molecule has 3 heteroatoms. The first-order valence-corrected chi connectivity index (χ1v) is 6.93. The average molecular weight is 253 g/mol. The van der Waals surface area contributed by atoms with E-state index in [2.05, 4.69) is 29.0 Å². The molecule has 2 unspecified atom stereocenters. The van der Waals surface area contributed by atoms with Crippen LogP contribution in [0.25, 0.3) is 0 Å². The van der Waals surface area contributed by atoms with Gasteiger partial charge in [0.1, 0.15) is 0 Å². The first-order valence-electron chi connectivity index (χ1n) is 6.93. The van der Waals surface area contributed by atoms with Gasteiger partial charge in [0, 0.05) is 36.2 Å². The normalized spacial score (nSPS) is 19.2. The number of rotatable bonds is 3. The Labute approximate surface area is 113 Å². The van der Waals surface area contributed by atoms with Crippen LogP contribution < -0.4 is 5.73 Å². The minimum Gasteiger partial charge on any atom is -0.323 e. The molecule has 0 aliphatic heterocycles. The smallest absolute Gasteiger partial charge is 0.0485 e. The molecule has 0 radical (unpaired) electrons. The molecule has 0 saturated carbocycles. The molecule has 3 nitrogen and oxygen atoms in total. The largest absolute Gasteiger partial charge is 0.323 e. The van der Waals surface area contributed by atoms with Gasteiger partial charge in [-0.05, 0) is 48.1 Å². The van der Waals surface area contributed by atoms with Crippen LogP contribution in [0.15, 0.2) is 36.8 Å². The highest BCUT2D eigenvalue weighted by Gasteiger charge is 2.30. The number of aromatic nitrogens is 2. The van der Waals surface area contributed by atoms with Crippen molar-refractivity contribution in [3.05, 3.63) is 59.2 Å². The van der Waals surface area contributed by atoms with E-state index in [-0.39, 0.29) is 6.04 Å². The minimum absolute atomic E-state index is 0.0223. The predicted octanol–water partition coefficient (Wildman–Crippen LogP) is 2.77. The molecular weight excluding hydrogens is 234 g/mol. The van der Waals surface area contributed by atoms with Crippen molar-refractivity contribution in [2.75, 3.05) is 0 Å². The fraction of sp³-hybridized carbons (Fsp3) is 0.375. The molecule has 1 aliphatic rings. The van der Waals surface area contributed by atoms with Crippen LogP contribution in [-0.4, -0.2) is 9.97 Å². The van der Waals surface area contributed by atoms with E-state index in [1.807, 2.05) is 24.7 Å². The Balaban J connectivity index is 1.95. The summed E-state index contributed by atoms with van der Waals surface area (Å²) in [4.78, 5) is 8.75. The van der Waals surface area contributed by atoms with E-state index in [0.717, 1.165) is 19.3 Å². The Morgan fingerprint density at radius 2 is 2.26 bits per heavy atom. The van der Waals surface area contributed by atoms with Gasteiger partial charge in [0.05, 0.1) is 0 Å². The van der Waals surface area contributed by atoms with Gasteiger partial charge >= 0.3 is 0 Å². The molecule has 0 saturated heterocycles. The lowest BCUT2D eigenvalue weighted by molar-refractivity contribution is 0.537. The SMILES string of the molecule is CCc1cnccc1C(N)C1CCc2cccnc21. The molecule has 2 aromatic rings. The summed E-state index contributed by atoms with van der Waals surface area (Å²) in [5, 5.41) is 0. The predicted molar refractivity (Wildman–Crippen MR) is 75.8 cm³/mol. The van der Waals surface area contributed by atoms with Crippen molar-refractivity contribution in [2.45, 2.75) is 38.1 Å². The van der Waals surface area contributed by atoms with Crippen LogP contribution in [0.2, 0.25) is 0 Å². The molecule has 2 atom stereocenters. The molecule has 1 aliphatic carbocycles. The van der Waals surface area contributed by atoms with E-state index < -0.39 is 0 Å². The third-order valence-electron chi connectivity index (χ3n) is 4.12. The molecule has 0 aromatic carbocycles. The van der Waals surface area contributed by atoms with E-state index in [0.29, 0.717) is 5.92 Å². The second kappa shape index (κ2) is 5.10. The quantitative estimate of drug-likeness (QED) is 0.915. The molecule has 0 spiro atoms. The fourth-order valence-corrected chi connectivity index (χ4v) is 3.07. The summed E-state index contributed by atoms with van der Waals surface area (Å²) in [6.07, 6.45) is 8.80. The second-order valence-corrected chi connectivity index (χ2v) is 5.15. The summed E-state index contributed by atoms with van der Waals surface area (Å²) in [6.45, 7) is 2.15. The monoisotopic (exact) mass is 253 g/mol. The van der Waals surface area contributed by atoms with Gasteiger partial charge in [-0.15, -0.1) is 0 Å². The van der Waals surface area contributed by atoms with Crippen LogP contribution in [-0.2, 0) is 12.8 Å².